The lowest BCUT2D eigenvalue weighted by molar-refractivity contribution is -0.151. The molecule has 0 amide bonds. The van der Waals surface area contributed by atoms with Gasteiger partial charge in [0.15, 0.2) is 0 Å². The Morgan fingerprint density at radius 3 is 1.98 bits per heavy atom. The van der Waals surface area contributed by atoms with E-state index in [-0.39, 0.29) is 23.4 Å². The van der Waals surface area contributed by atoms with Crippen LogP contribution >= 0.6 is 0 Å². The summed E-state index contributed by atoms with van der Waals surface area (Å²) in [4.78, 5) is 13.2. The Hall–Kier alpha value is -0.830. The SMILES string of the molecule is CCCCCCCCCCCCCCCCCOC(=O)[C@H]1CC[C@@]2(C)C(=C[C@H](O)[C@H]3[C@@H]4CC[C@H]([C@H](C)CCCC(C)C)[C@@]4(C)CC[C@@H]32)C1. The number of rotatable bonds is 22. The lowest BCUT2D eigenvalue weighted by Crippen LogP contribution is -2.54. The summed E-state index contributed by atoms with van der Waals surface area (Å²) < 4.78 is 5.86. The maximum atomic E-state index is 13.2. The van der Waals surface area contributed by atoms with Crippen LogP contribution in [0, 0.1) is 52.3 Å². The number of ether oxygens (including phenoxy) is 1. The van der Waals surface area contributed by atoms with E-state index in [9.17, 15) is 9.90 Å². The molecule has 4 aliphatic rings. The molecule has 0 spiro atoms. The molecule has 3 fully saturated rings. The van der Waals surface area contributed by atoms with Crippen LogP contribution in [-0.2, 0) is 9.53 Å². The van der Waals surface area contributed by atoms with E-state index in [0.717, 1.165) is 43.4 Å². The van der Waals surface area contributed by atoms with Crippen LogP contribution < -0.4 is 0 Å². The standard InChI is InChI=1S/C45H80O3/c1-7-8-9-10-11-12-13-14-15-16-17-18-19-20-21-31-48-43(47)36-27-29-44(5)37(32-36)33-41(46)42-39-26-25-38(35(4)24-22-23-34(2)3)45(39,6)30-28-40(42)44/h33-36,38-42,46H,7-32H2,1-6H3/t35-,36+,38-,39+,40+,41+,42+,44+,45-/m1/s1. The minimum Gasteiger partial charge on any atom is -0.465 e. The number of allylic oxidation sites excluding steroid dienone is 1. The van der Waals surface area contributed by atoms with Gasteiger partial charge in [-0.2, -0.15) is 0 Å². The van der Waals surface area contributed by atoms with Crippen LogP contribution in [0.5, 0.6) is 0 Å². The summed E-state index contributed by atoms with van der Waals surface area (Å²) in [6.07, 6.45) is 34.2. The molecule has 3 heteroatoms. The number of unbranched alkanes of at least 4 members (excludes halogenated alkanes) is 14. The molecular weight excluding hydrogens is 588 g/mol. The molecule has 0 aromatic rings. The van der Waals surface area contributed by atoms with Gasteiger partial charge in [0.05, 0.1) is 18.6 Å². The molecule has 0 aromatic heterocycles. The molecule has 48 heavy (non-hydrogen) atoms. The number of carbonyl (C=O) groups is 1. The zero-order chi connectivity index (χ0) is 34.6. The van der Waals surface area contributed by atoms with Gasteiger partial charge in [-0.25, -0.2) is 0 Å². The first-order valence-corrected chi connectivity index (χ1v) is 21.7. The summed E-state index contributed by atoms with van der Waals surface area (Å²) in [5.74, 6) is 3.95. The summed E-state index contributed by atoms with van der Waals surface area (Å²) in [6, 6.07) is 0. The molecule has 9 atom stereocenters. The maximum absolute atomic E-state index is 13.2. The van der Waals surface area contributed by atoms with E-state index < -0.39 is 0 Å². The van der Waals surface area contributed by atoms with E-state index in [0.29, 0.717) is 29.8 Å². The van der Waals surface area contributed by atoms with Gasteiger partial charge in [-0.05, 0) is 97.7 Å². The third kappa shape index (κ3) is 10.4. The van der Waals surface area contributed by atoms with Crippen LogP contribution in [0.2, 0.25) is 0 Å². The summed E-state index contributed by atoms with van der Waals surface area (Å²) in [5, 5.41) is 11.7. The molecule has 0 aliphatic heterocycles. The highest BCUT2D eigenvalue weighted by atomic mass is 16.5. The van der Waals surface area contributed by atoms with E-state index >= 15 is 0 Å². The van der Waals surface area contributed by atoms with Crippen molar-refractivity contribution < 1.29 is 14.6 Å². The number of esters is 1. The Bertz CT molecular complexity index is 969. The lowest BCUT2D eigenvalue weighted by Gasteiger charge is -2.59. The van der Waals surface area contributed by atoms with Crippen LogP contribution in [0.4, 0.5) is 0 Å². The van der Waals surface area contributed by atoms with Gasteiger partial charge in [0.1, 0.15) is 0 Å². The predicted molar refractivity (Wildman–Crippen MR) is 204 cm³/mol. The first-order chi connectivity index (χ1) is 23.1. The highest BCUT2D eigenvalue weighted by molar-refractivity contribution is 5.73. The summed E-state index contributed by atoms with van der Waals surface area (Å²) >= 11 is 0. The minimum absolute atomic E-state index is 0.0150. The largest absolute Gasteiger partial charge is 0.465 e. The number of aliphatic hydroxyl groups excluding tert-OH is 1. The van der Waals surface area contributed by atoms with E-state index in [1.807, 2.05) is 0 Å². The van der Waals surface area contributed by atoms with Crippen LogP contribution in [0.1, 0.15) is 202 Å². The van der Waals surface area contributed by atoms with E-state index in [1.165, 1.54) is 140 Å². The topological polar surface area (TPSA) is 46.5 Å². The Morgan fingerprint density at radius 1 is 0.771 bits per heavy atom. The van der Waals surface area contributed by atoms with Crippen LogP contribution in [0.3, 0.4) is 0 Å². The number of hydrogen-bond acceptors (Lipinski definition) is 3. The van der Waals surface area contributed by atoms with E-state index in [1.54, 1.807) is 0 Å². The minimum atomic E-state index is -0.354. The molecular formula is C45H80O3. The summed E-state index contributed by atoms with van der Waals surface area (Å²) in [7, 11) is 0. The smallest absolute Gasteiger partial charge is 0.309 e. The second kappa shape index (κ2) is 19.7. The molecule has 0 radical (unpaired) electrons. The Morgan fingerprint density at radius 2 is 1.38 bits per heavy atom. The molecule has 0 heterocycles. The van der Waals surface area contributed by atoms with Crippen molar-refractivity contribution in [3.63, 3.8) is 0 Å². The fraction of sp³-hybridized carbons (Fsp3) is 0.933. The van der Waals surface area contributed by atoms with Gasteiger partial charge < -0.3 is 9.84 Å². The molecule has 4 aliphatic carbocycles. The van der Waals surface area contributed by atoms with Crippen LogP contribution in [0.25, 0.3) is 0 Å². The highest BCUT2D eigenvalue weighted by Crippen LogP contribution is 2.67. The van der Waals surface area contributed by atoms with Crippen LogP contribution in [0.15, 0.2) is 11.6 Å². The van der Waals surface area contributed by atoms with Crippen molar-refractivity contribution in [3.8, 4) is 0 Å². The van der Waals surface area contributed by atoms with Crippen molar-refractivity contribution in [2.75, 3.05) is 6.61 Å². The quantitative estimate of drug-likeness (QED) is 0.0709. The molecule has 0 saturated heterocycles. The van der Waals surface area contributed by atoms with Crippen molar-refractivity contribution in [3.05, 3.63) is 11.6 Å². The van der Waals surface area contributed by atoms with Crippen molar-refractivity contribution in [1.29, 1.82) is 0 Å². The Labute approximate surface area is 298 Å². The first kappa shape index (κ1) is 39.9. The molecule has 3 nitrogen and oxygen atoms in total. The summed E-state index contributed by atoms with van der Waals surface area (Å²) in [6.45, 7) is 15.2. The van der Waals surface area contributed by atoms with Gasteiger partial charge in [-0.15, -0.1) is 0 Å². The molecule has 0 unspecified atom stereocenters. The average Bonchev–Trinajstić information content (AvgIpc) is 3.41. The van der Waals surface area contributed by atoms with Gasteiger partial charge >= 0.3 is 5.97 Å². The van der Waals surface area contributed by atoms with Crippen molar-refractivity contribution in [2.24, 2.45) is 52.3 Å². The number of aliphatic hydroxyl groups is 1. The fourth-order valence-electron chi connectivity index (χ4n) is 11.6. The molecule has 0 bridgehead atoms. The van der Waals surface area contributed by atoms with Crippen LogP contribution in [-0.4, -0.2) is 23.8 Å². The molecule has 278 valence electrons. The van der Waals surface area contributed by atoms with E-state index in [2.05, 4.69) is 47.6 Å². The fourth-order valence-corrected chi connectivity index (χ4v) is 11.6. The van der Waals surface area contributed by atoms with Crippen molar-refractivity contribution in [2.45, 2.75) is 208 Å². The average molecular weight is 669 g/mol. The lowest BCUT2D eigenvalue weighted by atomic mass is 9.46. The monoisotopic (exact) mass is 669 g/mol. The number of fused-ring (bicyclic) bond motifs is 5. The summed E-state index contributed by atoms with van der Waals surface area (Å²) in [5.41, 5.74) is 1.88. The number of hydrogen-bond donors (Lipinski definition) is 1. The molecule has 4 rings (SSSR count). The number of carbonyl (C=O) groups excluding carboxylic acids is 1. The Balaban J connectivity index is 1.14. The van der Waals surface area contributed by atoms with E-state index in [4.69, 9.17) is 4.74 Å². The van der Waals surface area contributed by atoms with Gasteiger partial charge in [0.25, 0.3) is 0 Å². The van der Waals surface area contributed by atoms with Crippen molar-refractivity contribution >= 4 is 5.97 Å². The second-order valence-electron chi connectivity index (χ2n) is 18.5. The zero-order valence-corrected chi connectivity index (χ0v) is 32.8. The third-order valence-corrected chi connectivity index (χ3v) is 14.7. The maximum Gasteiger partial charge on any atom is 0.309 e. The molecule has 3 saturated carbocycles. The van der Waals surface area contributed by atoms with Gasteiger partial charge in [-0.3, -0.25) is 4.79 Å². The predicted octanol–water partition coefficient (Wildman–Crippen LogP) is 13.0. The molecule has 0 aromatic carbocycles. The zero-order valence-electron chi connectivity index (χ0n) is 32.8. The van der Waals surface area contributed by atoms with Gasteiger partial charge in [0, 0.05) is 0 Å². The second-order valence-corrected chi connectivity index (χ2v) is 18.5. The molecule has 1 N–H and O–H groups in total. The highest BCUT2D eigenvalue weighted by Gasteiger charge is 2.61. The third-order valence-electron chi connectivity index (χ3n) is 14.7. The van der Waals surface area contributed by atoms with Crippen molar-refractivity contribution in [1.82, 2.24) is 0 Å². The van der Waals surface area contributed by atoms with Gasteiger partial charge in [0.2, 0.25) is 0 Å². The van der Waals surface area contributed by atoms with Gasteiger partial charge in [-0.1, -0.05) is 162 Å². The normalized spacial score (nSPS) is 33.5. The first-order valence-electron chi connectivity index (χ1n) is 21.7. The Kier molecular flexibility index (Phi) is 16.4.